The molecule has 1 N–H and O–H groups in total. The maximum absolute atomic E-state index is 14.1. The van der Waals surface area contributed by atoms with Crippen molar-refractivity contribution in [3.05, 3.63) is 28.0 Å². The van der Waals surface area contributed by atoms with Crippen molar-refractivity contribution < 1.29 is 17.6 Å². The second kappa shape index (κ2) is 7.56. The summed E-state index contributed by atoms with van der Waals surface area (Å²) in [5.74, 6) is -1.30. The molecule has 0 aromatic heterocycles. The van der Waals surface area contributed by atoms with Gasteiger partial charge in [0.05, 0.1) is 5.56 Å². The fourth-order valence-electron chi connectivity index (χ4n) is 1.71. The molecule has 4 nitrogen and oxygen atoms in total. The summed E-state index contributed by atoms with van der Waals surface area (Å²) >= 11 is 3.04. The monoisotopic (exact) mass is 399 g/mol. The zero-order valence-electron chi connectivity index (χ0n) is 11.6. The van der Waals surface area contributed by atoms with Crippen LogP contribution in [-0.2, 0) is 9.05 Å². The van der Waals surface area contributed by atoms with Crippen LogP contribution in [0.15, 0.2) is 21.5 Å². The van der Waals surface area contributed by atoms with Crippen LogP contribution in [0.4, 0.5) is 4.39 Å². The molecule has 0 fully saturated rings. The molecule has 0 bridgehead atoms. The van der Waals surface area contributed by atoms with Gasteiger partial charge in [0.2, 0.25) is 0 Å². The summed E-state index contributed by atoms with van der Waals surface area (Å²) in [6, 6.07) is 2.24. The molecule has 0 aliphatic heterocycles. The Morgan fingerprint density at radius 3 is 2.57 bits per heavy atom. The third kappa shape index (κ3) is 5.56. The van der Waals surface area contributed by atoms with Crippen molar-refractivity contribution >= 4 is 41.6 Å². The molecule has 0 saturated heterocycles. The number of nitrogens with one attached hydrogen (secondary N) is 1. The normalized spacial score (nSPS) is 11.7. The largest absolute Gasteiger partial charge is 0.352 e. The highest BCUT2D eigenvalue weighted by atomic mass is 79.9. The molecule has 118 valence electrons. The van der Waals surface area contributed by atoms with Crippen molar-refractivity contribution in [2.75, 3.05) is 6.54 Å². The Morgan fingerprint density at radius 1 is 1.43 bits per heavy atom. The number of carbonyl (C=O) groups excluding carboxylic acids is 1. The minimum absolute atomic E-state index is 0.260. The van der Waals surface area contributed by atoms with Gasteiger partial charge in [-0.1, -0.05) is 29.8 Å². The Labute approximate surface area is 136 Å². The van der Waals surface area contributed by atoms with E-state index >= 15 is 0 Å². The quantitative estimate of drug-likeness (QED) is 0.585. The fourth-order valence-corrected chi connectivity index (χ4v) is 3.25. The van der Waals surface area contributed by atoms with E-state index in [1.54, 1.807) is 0 Å². The van der Waals surface area contributed by atoms with Crippen LogP contribution in [0.2, 0.25) is 0 Å². The van der Waals surface area contributed by atoms with E-state index in [4.69, 9.17) is 10.7 Å². The van der Waals surface area contributed by atoms with Crippen LogP contribution in [0, 0.1) is 11.7 Å². The first-order valence-electron chi connectivity index (χ1n) is 6.35. The summed E-state index contributed by atoms with van der Waals surface area (Å²) in [5.41, 5.74) is -0.354. The van der Waals surface area contributed by atoms with Gasteiger partial charge < -0.3 is 5.32 Å². The van der Waals surface area contributed by atoms with Gasteiger partial charge in [-0.3, -0.25) is 4.79 Å². The Hall–Kier alpha value is -0.660. The Morgan fingerprint density at radius 2 is 2.05 bits per heavy atom. The first-order chi connectivity index (χ1) is 9.62. The standard InChI is InChI=1S/C13H16BrClFNO3S/c1-8(2)4-3-5-17-13(18)10-6-9(14)7-11(12(10)16)21(15,19)20/h6-8H,3-5H2,1-2H3,(H,17,18). The zero-order chi connectivity index (χ0) is 16.2. The SMILES string of the molecule is CC(C)CCCNC(=O)c1cc(Br)cc(S(=O)(=O)Cl)c1F. The summed E-state index contributed by atoms with van der Waals surface area (Å²) in [6.45, 7) is 4.52. The molecule has 8 heteroatoms. The lowest BCUT2D eigenvalue weighted by molar-refractivity contribution is 0.0948. The second-order valence-electron chi connectivity index (χ2n) is 5.00. The van der Waals surface area contributed by atoms with Gasteiger partial charge in [-0.2, -0.15) is 0 Å². The fraction of sp³-hybridized carbons (Fsp3) is 0.462. The van der Waals surface area contributed by atoms with Gasteiger partial charge in [0.1, 0.15) is 4.90 Å². The van der Waals surface area contributed by atoms with Crippen molar-refractivity contribution in [1.29, 1.82) is 0 Å². The molecule has 1 aromatic carbocycles. The molecule has 1 aromatic rings. The van der Waals surface area contributed by atoms with Gasteiger partial charge in [0, 0.05) is 21.7 Å². The lowest BCUT2D eigenvalue weighted by Gasteiger charge is -2.09. The summed E-state index contributed by atoms with van der Waals surface area (Å²) in [6.07, 6.45) is 1.70. The third-order valence-corrected chi connectivity index (χ3v) is 4.53. The minimum Gasteiger partial charge on any atom is -0.352 e. The highest BCUT2D eigenvalue weighted by Crippen LogP contribution is 2.26. The van der Waals surface area contributed by atoms with Crippen LogP contribution in [0.25, 0.3) is 0 Å². The van der Waals surface area contributed by atoms with E-state index in [0.29, 0.717) is 12.5 Å². The average molecular weight is 401 g/mol. The molecule has 1 rings (SSSR count). The second-order valence-corrected chi connectivity index (χ2v) is 8.45. The van der Waals surface area contributed by atoms with E-state index in [9.17, 15) is 17.6 Å². The third-order valence-electron chi connectivity index (χ3n) is 2.76. The molecule has 1 amide bonds. The lowest BCUT2D eigenvalue weighted by atomic mass is 10.1. The van der Waals surface area contributed by atoms with Gasteiger partial charge in [0.25, 0.3) is 15.0 Å². The molecule has 0 atom stereocenters. The van der Waals surface area contributed by atoms with E-state index in [1.807, 2.05) is 0 Å². The van der Waals surface area contributed by atoms with E-state index in [1.165, 1.54) is 6.07 Å². The van der Waals surface area contributed by atoms with Crippen LogP contribution < -0.4 is 5.32 Å². The van der Waals surface area contributed by atoms with Crippen molar-refractivity contribution in [3.63, 3.8) is 0 Å². The molecule has 0 heterocycles. The molecule has 21 heavy (non-hydrogen) atoms. The van der Waals surface area contributed by atoms with Crippen LogP contribution in [-0.4, -0.2) is 20.9 Å². The number of carbonyl (C=O) groups is 1. The van der Waals surface area contributed by atoms with Crippen molar-refractivity contribution in [1.82, 2.24) is 5.32 Å². The maximum Gasteiger partial charge on any atom is 0.264 e. The van der Waals surface area contributed by atoms with E-state index in [2.05, 4.69) is 35.1 Å². The Bertz CT molecular complexity index is 635. The van der Waals surface area contributed by atoms with Crippen LogP contribution >= 0.6 is 26.6 Å². The first-order valence-corrected chi connectivity index (χ1v) is 9.45. The van der Waals surface area contributed by atoms with Gasteiger partial charge >= 0.3 is 0 Å². The van der Waals surface area contributed by atoms with Crippen LogP contribution in [0.5, 0.6) is 0 Å². The van der Waals surface area contributed by atoms with E-state index in [0.717, 1.165) is 18.9 Å². The smallest absolute Gasteiger partial charge is 0.264 e. The molecular formula is C13H16BrClFNO3S. The maximum atomic E-state index is 14.1. The zero-order valence-corrected chi connectivity index (χ0v) is 14.8. The summed E-state index contributed by atoms with van der Waals surface area (Å²) in [4.78, 5) is 11.2. The number of rotatable bonds is 6. The molecule has 0 aliphatic rings. The Kier molecular flexibility index (Phi) is 6.62. The van der Waals surface area contributed by atoms with E-state index < -0.39 is 25.7 Å². The molecule has 0 saturated carbocycles. The predicted molar refractivity (Wildman–Crippen MR) is 83.5 cm³/mol. The highest BCUT2D eigenvalue weighted by Gasteiger charge is 2.23. The topological polar surface area (TPSA) is 63.2 Å². The molecular weight excluding hydrogens is 385 g/mol. The van der Waals surface area contributed by atoms with Crippen molar-refractivity contribution in [2.45, 2.75) is 31.6 Å². The van der Waals surface area contributed by atoms with Gasteiger partial charge in [-0.25, -0.2) is 12.8 Å². The Balaban J connectivity index is 2.93. The number of halogens is 3. The first kappa shape index (κ1) is 18.4. The highest BCUT2D eigenvalue weighted by molar-refractivity contribution is 9.10. The van der Waals surface area contributed by atoms with E-state index in [-0.39, 0.29) is 10.0 Å². The number of hydrogen-bond acceptors (Lipinski definition) is 3. The number of hydrogen-bond donors (Lipinski definition) is 1. The number of benzene rings is 1. The molecule has 0 aliphatic carbocycles. The van der Waals surface area contributed by atoms with Crippen LogP contribution in [0.3, 0.4) is 0 Å². The van der Waals surface area contributed by atoms with Crippen molar-refractivity contribution in [3.8, 4) is 0 Å². The summed E-state index contributed by atoms with van der Waals surface area (Å²) < 4.78 is 36.9. The van der Waals surface area contributed by atoms with Crippen LogP contribution in [0.1, 0.15) is 37.0 Å². The lowest BCUT2D eigenvalue weighted by Crippen LogP contribution is -2.26. The summed E-state index contributed by atoms with van der Waals surface area (Å²) in [7, 11) is 0.893. The minimum atomic E-state index is -4.26. The van der Waals surface area contributed by atoms with Crippen molar-refractivity contribution in [2.24, 2.45) is 5.92 Å². The number of amides is 1. The molecule has 0 unspecified atom stereocenters. The van der Waals surface area contributed by atoms with Gasteiger partial charge in [-0.15, -0.1) is 0 Å². The molecule has 0 radical (unpaired) electrons. The van der Waals surface area contributed by atoms with Gasteiger partial charge in [0.15, 0.2) is 5.82 Å². The summed E-state index contributed by atoms with van der Waals surface area (Å²) in [5, 5.41) is 2.56. The van der Waals surface area contributed by atoms with Gasteiger partial charge in [-0.05, 0) is 30.9 Å². The predicted octanol–water partition coefficient (Wildman–Crippen LogP) is 3.68. The molecule has 0 spiro atoms. The average Bonchev–Trinajstić information content (AvgIpc) is 2.35.